The van der Waals surface area contributed by atoms with Crippen molar-refractivity contribution in [2.24, 2.45) is 11.7 Å². The van der Waals surface area contributed by atoms with Crippen molar-refractivity contribution in [1.82, 2.24) is 10.2 Å². The number of carbonyl (C=O) groups is 2. The van der Waals surface area contributed by atoms with E-state index in [0.29, 0.717) is 25.9 Å². The fourth-order valence-corrected chi connectivity index (χ4v) is 2.68. The van der Waals surface area contributed by atoms with E-state index in [0.717, 1.165) is 11.1 Å². The molecular formula is C16H23N3O2. The van der Waals surface area contributed by atoms with Crippen LogP contribution in [0.15, 0.2) is 24.3 Å². The third-order valence-electron chi connectivity index (χ3n) is 4.13. The van der Waals surface area contributed by atoms with Gasteiger partial charge in [-0.3, -0.25) is 9.59 Å². The summed E-state index contributed by atoms with van der Waals surface area (Å²) in [5, 5.41) is 2.67. The van der Waals surface area contributed by atoms with E-state index < -0.39 is 6.04 Å². The molecule has 1 aliphatic rings. The van der Waals surface area contributed by atoms with E-state index in [2.05, 4.69) is 5.32 Å². The average Bonchev–Trinajstić information content (AvgIpc) is 2.53. The number of nitrogens with two attached hydrogens (primary N) is 1. The van der Waals surface area contributed by atoms with Crippen LogP contribution in [0, 0.1) is 12.8 Å². The maximum Gasteiger partial charge on any atom is 0.244 e. The van der Waals surface area contributed by atoms with E-state index in [-0.39, 0.29) is 17.7 Å². The molecule has 1 saturated heterocycles. The second-order valence-electron chi connectivity index (χ2n) is 5.60. The van der Waals surface area contributed by atoms with E-state index in [9.17, 15) is 9.59 Å². The number of hydrogen-bond donors (Lipinski definition) is 2. The Bertz CT molecular complexity index is 505. The normalized spacial score (nSPS) is 17.4. The molecule has 1 aliphatic heterocycles. The molecule has 0 radical (unpaired) electrons. The van der Waals surface area contributed by atoms with Crippen molar-refractivity contribution < 1.29 is 9.59 Å². The van der Waals surface area contributed by atoms with Gasteiger partial charge in [-0.15, -0.1) is 0 Å². The first-order chi connectivity index (χ1) is 10.0. The monoisotopic (exact) mass is 289 g/mol. The molecule has 114 valence electrons. The number of nitrogens with one attached hydrogen (secondary N) is 1. The SMILES string of the molecule is CNC(=O)C1CCN(C(=O)C(N)c2ccc(C)cc2)CC1. The lowest BCUT2D eigenvalue weighted by Gasteiger charge is -2.32. The molecule has 21 heavy (non-hydrogen) atoms. The van der Waals surface area contributed by atoms with Crippen LogP contribution in [0.3, 0.4) is 0 Å². The van der Waals surface area contributed by atoms with Crippen LogP contribution < -0.4 is 11.1 Å². The molecule has 0 aliphatic carbocycles. The molecule has 3 N–H and O–H groups in total. The molecule has 2 rings (SSSR count). The average molecular weight is 289 g/mol. The molecule has 0 spiro atoms. The molecule has 1 fully saturated rings. The zero-order chi connectivity index (χ0) is 15.4. The number of likely N-dealkylation sites (tertiary alicyclic amines) is 1. The van der Waals surface area contributed by atoms with Gasteiger partial charge in [0.15, 0.2) is 0 Å². The van der Waals surface area contributed by atoms with Crippen molar-refractivity contribution in [3.8, 4) is 0 Å². The highest BCUT2D eigenvalue weighted by atomic mass is 16.2. The van der Waals surface area contributed by atoms with Crippen LogP contribution in [-0.2, 0) is 9.59 Å². The number of aryl methyl sites for hydroxylation is 1. The lowest BCUT2D eigenvalue weighted by atomic mass is 9.95. The van der Waals surface area contributed by atoms with Crippen molar-refractivity contribution in [2.75, 3.05) is 20.1 Å². The molecule has 5 heteroatoms. The molecule has 1 unspecified atom stereocenters. The highest BCUT2D eigenvalue weighted by molar-refractivity contribution is 5.84. The maximum atomic E-state index is 12.4. The molecule has 0 saturated carbocycles. The molecular weight excluding hydrogens is 266 g/mol. The van der Waals surface area contributed by atoms with Crippen molar-refractivity contribution in [2.45, 2.75) is 25.8 Å². The highest BCUT2D eigenvalue weighted by Gasteiger charge is 2.29. The summed E-state index contributed by atoms with van der Waals surface area (Å²) in [6.45, 7) is 3.19. The number of benzene rings is 1. The van der Waals surface area contributed by atoms with E-state index in [1.807, 2.05) is 31.2 Å². The third-order valence-corrected chi connectivity index (χ3v) is 4.13. The first kappa shape index (κ1) is 15.5. The summed E-state index contributed by atoms with van der Waals surface area (Å²) in [4.78, 5) is 25.8. The molecule has 1 heterocycles. The van der Waals surface area contributed by atoms with E-state index in [4.69, 9.17) is 5.73 Å². The molecule has 1 aromatic carbocycles. The molecule has 1 aromatic rings. The van der Waals surface area contributed by atoms with Gasteiger partial charge in [-0.05, 0) is 25.3 Å². The largest absolute Gasteiger partial charge is 0.359 e. The first-order valence-electron chi connectivity index (χ1n) is 7.35. The second-order valence-corrected chi connectivity index (χ2v) is 5.60. The van der Waals surface area contributed by atoms with Crippen molar-refractivity contribution in [1.29, 1.82) is 0 Å². The van der Waals surface area contributed by atoms with Gasteiger partial charge in [-0.1, -0.05) is 29.8 Å². The zero-order valence-electron chi connectivity index (χ0n) is 12.6. The Labute approximate surface area is 125 Å². The summed E-state index contributed by atoms with van der Waals surface area (Å²) in [6.07, 6.45) is 1.40. The maximum absolute atomic E-state index is 12.4. The van der Waals surface area contributed by atoms with Gasteiger partial charge in [0, 0.05) is 26.1 Å². The Morgan fingerprint density at radius 1 is 1.24 bits per heavy atom. The van der Waals surface area contributed by atoms with Crippen LogP contribution in [0.4, 0.5) is 0 Å². The topological polar surface area (TPSA) is 75.4 Å². The number of nitrogens with zero attached hydrogens (tertiary/aromatic N) is 1. The number of amides is 2. The summed E-state index contributed by atoms with van der Waals surface area (Å²) >= 11 is 0. The van der Waals surface area contributed by atoms with Crippen molar-refractivity contribution in [3.05, 3.63) is 35.4 Å². The van der Waals surface area contributed by atoms with Gasteiger partial charge < -0.3 is 16.0 Å². The third kappa shape index (κ3) is 3.61. The van der Waals surface area contributed by atoms with Gasteiger partial charge in [0.05, 0.1) is 0 Å². The Morgan fingerprint density at radius 3 is 2.33 bits per heavy atom. The summed E-state index contributed by atoms with van der Waals surface area (Å²) in [6, 6.07) is 7.09. The minimum atomic E-state index is -0.623. The van der Waals surface area contributed by atoms with Gasteiger partial charge in [0.2, 0.25) is 11.8 Å². The van der Waals surface area contributed by atoms with Gasteiger partial charge in [-0.25, -0.2) is 0 Å². The van der Waals surface area contributed by atoms with Gasteiger partial charge in [0.1, 0.15) is 6.04 Å². The molecule has 5 nitrogen and oxygen atoms in total. The Morgan fingerprint density at radius 2 is 1.81 bits per heavy atom. The zero-order valence-corrected chi connectivity index (χ0v) is 12.6. The van der Waals surface area contributed by atoms with Gasteiger partial charge >= 0.3 is 0 Å². The molecule has 2 amide bonds. The van der Waals surface area contributed by atoms with E-state index in [1.165, 1.54) is 0 Å². The molecule has 1 atom stereocenters. The summed E-state index contributed by atoms with van der Waals surface area (Å²) < 4.78 is 0. The second kappa shape index (κ2) is 6.72. The fourth-order valence-electron chi connectivity index (χ4n) is 2.68. The van der Waals surface area contributed by atoms with Crippen molar-refractivity contribution in [3.63, 3.8) is 0 Å². The van der Waals surface area contributed by atoms with Gasteiger partial charge in [-0.2, -0.15) is 0 Å². The number of hydrogen-bond acceptors (Lipinski definition) is 3. The van der Waals surface area contributed by atoms with Crippen LogP contribution in [0.2, 0.25) is 0 Å². The van der Waals surface area contributed by atoms with Gasteiger partial charge in [0.25, 0.3) is 0 Å². The standard InChI is InChI=1S/C16H23N3O2/c1-11-3-5-12(6-4-11)14(17)16(21)19-9-7-13(8-10-19)15(20)18-2/h3-6,13-14H,7-10,17H2,1-2H3,(H,18,20). The lowest BCUT2D eigenvalue weighted by Crippen LogP contribution is -2.45. The van der Waals surface area contributed by atoms with Crippen LogP contribution in [0.25, 0.3) is 0 Å². The Hall–Kier alpha value is -1.88. The van der Waals surface area contributed by atoms with Crippen LogP contribution in [0.1, 0.15) is 30.0 Å². The highest BCUT2D eigenvalue weighted by Crippen LogP contribution is 2.21. The molecule has 0 aromatic heterocycles. The predicted octanol–water partition coefficient (Wildman–Crippen LogP) is 0.979. The summed E-state index contributed by atoms with van der Waals surface area (Å²) in [5.41, 5.74) is 8.05. The summed E-state index contributed by atoms with van der Waals surface area (Å²) in [7, 11) is 1.65. The summed E-state index contributed by atoms with van der Waals surface area (Å²) in [5.74, 6) is 0.00814. The minimum Gasteiger partial charge on any atom is -0.359 e. The predicted molar refractivity (Wildman–Crippen MR) is 81.5 cm³/mol. The quantitative estimate of drug-likeness (QED) is 0.871. The Balaban J connectivity index is 1.95. The van der Waals surface area contributed by atoms with E-state index in [1.54, 1.807) is 11.9 Å². The lowest BCUT2D eigenvalue weighted by molar-refractivity contribution is -0.136. The fraction of sp³-hybridized carbons (Fsp3) is 0.500. The number of carbonyl (C=O) groups excluding carboxylic acids is 2. The number of piperidine rings is 1. The Kier molecular flexibility index (Phi) is 4.96. The molecule has 0 bridgehead atoms. The smallest absolute Gasteiger partial charge is 0.244 e. The van der Waals surface area contributed by atoms with Crippen LogP contribution >= 0.6 is 0 Å². The van der Waals surface area contributed by atoms with Crippen molar-refractivity contribution >= 4 is 11.8 Å². The van der Waals surface area contributed by atoms with E-state index >= 15 is 0 Å². The minimum absolute atomic E-state index is 0.00893. The van der Waals surface area contributed by atoms with Crippen LogP contribution in [-0.4, -0.2) is 36.9 Å². The number of rotatable bonds is 3. The first-order valence-corrected chi connectivity index (χ1v) is 7.35. The van der Waals surface area contributed by atoms with Crippen LogP contribution in [0.5, 0.6) is 0 Å².